The van der Waals surface area contributed by atoms with E-state index >= 15 is 4.39 Å². The second kappa shape index (κ2) is 11.5. The molecule has 2 unspecified atom stereocenters. The van der Waals surface area contributed by atoms with Crippen molar-refractivity contribution in [3.63, 3.8) is 0 Å². The highest BCUT2D eigenvalue weighted by Crippen LogP contribution is 2.38. The molecule has 0 spiro atoms. The predicted octanol–water partition coefficient (Wildman–Crippen LogP) is 6.87. The molecule has 8 heteroatoms. The zero-order chi connectivity index (χ0) is 26.6. The fraction of sp³-hybridized carbons (Fsp3) is 0.267. The molecule has 1 fully saturated rings. The molecule has 1 aliphatic rings. The molecule has 0 aliphatic heterocycles. The quantitative estimate of drug-likeness (QED) is 0.268. The van der Waals surface area contributed by atoms with Crippen LogP contribution >= 0.6 is 11.6 Å². The molecule has 1 N–H and O–H groups in total. The molecule has 1 aromatic heterocycles. The Hall–Kier alpha value is -3.55. The highest BCUT2D eigenvalue weighted by Gasteiger charge is 2.32. The monoisotopic (exact) mass is 535 g/mol. The average Bonchev–Trinajstić information content (AvgIpc) is 3.60. The molecule has 1 aliphatic carbocycles. The molecular weight excluding hydrogens is 508 g/mol. The summed E-state index contributed by atoms with van der Waals surface area (Å²) in [5.74, 6) is -2.23. The number of amides is 1. The summed E-state index contributed by atoms with van der Waals surface area (Å²) in [6.45, 7) is 0. The largest absolute Gasteiger partial charge is 0.372 e. The van der Waals surface area contributed by atoms with Crippen LogP contribution in [0, 0.1) is 11.6 Å². The van der Waals surface area contributed by atoms with Gasteiger partial charge >= 0.3 is 0 Å². The van der Waals surface area contributed by atoms with Gasteiger partial charge in [0.05, 0.1) is 5.56 Å². The van der Waals surface area contributed by atoms with Gasteiger partial charge in [-0.05, 0) is 47.7 Å². The zero-order valence-electron chi connectivity index (χ0n) is 20.9. The number of hydrogen-bond acceptors (Lipinski definition) is 3. The first-order chi connectivity index (χ1) is 18.5. The van der Waals surface area contributed by atoms with Crippen LogP contribution in [0.2, 0.25) is 5.02 Å². The number of rotatable bonds is 8. The molecule has 196 valence electrons. The summed E-state index contributed by atoms with van der Waals surface area (Å²) in [5, 5.41) is 3.60. The third-order valence-electron chi connectivity index (χ3n) is 7.03. The van der Waals surface area contributed by atoms with Gasteiger partial charge in [0.25, 0.3) is 0 Å². The molecule has 0 saturated heterocycles. The highest BCUT2D eigenvalue weighted by molar-refractivity contribution is 6.30. The van der Waals surface area contributed by atoms with Gasteiger partial charge in [0.2, 0.25) is 5.91 Å². The Bertz CT molecular complexity index is 1420. The minimum Gasteiger partial charge on any atom is -0.372 e. The number of methoxy groups -OCH3 is 1. The SMILES string of the molecule is COC(c1ccccc1)c1ccc(F)c(F)c1-c1nccn1C(C(=O)NC1CCCC1)c1cccc(Cl)c1. The van der Waals surface area contributed by atoms with E-state index in [4.69, 9.17) is 16.3 Å². The Kier molecular flexibility index (Phi) is 7.86. The smallest absolute Gasteiger partial charge is 0.247 e. The lowest BCUT2D eigenvalue weighted by molar-refractivity contribution is -0.123. The van der Waals surface area contributed by atoms with E-state index in [1.165, 1.54) is 19.4 Å². The number of imidazole rings is 1. The van der Waals surface area contributed by atoms with E-state index in [0.717, 1.165) is 37.3 Å². The van der Waals surface area contributed by atoms with E-state index in [1.807, 2.05) is 30.3 Å². The van der Waals surface area contributed by atoms with E-state index < -0.39 is 23.8 Å². The minimum absolute atomic E-state index is 0.0635. The van der Waals surface area contributed by atoms with Crippen LogP contribution < -0.4 is 5.32 Å². The van der Waals surface area contributed by atoms with Crippen molar-refractivity contribution in [3.8, 4) is 11.4 Å². The maximum absolute atomic E-state index is 15.7. The molecule has 0 bridgehead atoms. The summed E-state index contributed by atoms with van der Waals surface area (Å²) in [6.07, 6.45) is 6.31. The van der Waals surface area contributed by atoms with Crippen LogP contribution in [0.15, 0.2) is 79.1 Å². The molecule has 4 aromatic rings. The summed E-state index contributed by atoms with van der Waals surface area (Å²) in [7, 11) is 1.51. The number of benzene rings is 3. The Labute approximate surface area is 225 Å². The van der Waals surface area contributed by atoms with Gasteiger partial charge in [0.15, 0.2) is 11.6 Å². The van der Waals surface area contributed by atoms with Gasteiger partial charge in [-0.2, -0.15) is 0 Å². The van der Waals surface area contributed by atoms with Crippen LogP contribution in [-0.2, 0) is 9.53 Å². The first-order valence-electron chi connectivity index (χ1n) is 12.6. The van der Waals surface area contributed by atoms with Crippen LogP contribution in [0.4, 0.5) is 8.78 Å². The Morgan fingerprint density at radius 2 is 1.79 bits per heavy atom. The number of ether oxygens (including phenoxy) is 1. The lowest BCUT2D eigenvalue weighted by Crippen LogP contribution is -2.39. The van der Waals surface area contributed by atoms with Gasteiger partial charge in [-0.1, -0.05) is 73.0 Å². The van der Waals surface area contributed by atoms with E-state index in [-0.39, 0.29) is 23.3 Å². The molecule has 3 aromatic carbocycles. The Balaban J connectivity index is 1.66. The van der Waals surface area contributed by atoms with Gasteiger partial charge < -0.3 is 14.6 Å². The van der Waals surface area contributed by atoms with Crippen LogP contribution in [0.3, 0.4) is 0 Å². The van der Waals surface area contributed by atoms with Crippen molar-refractivity contribution in [2.75, 3.05) is 7.11 Å². The van der Waals surface area contributed by atoms with Crippen LogP contribution in [-0.4, -0.2) is 28.6 Å². The van der Waals surface area contributed by atoms with Crippen molar-refractivity contribution in [1.82, 2.24) is 14.9 Å². The van der Waals surface area contributed by atoms with Crippen molar-refractivity contribution >= 4 is 17.5 Å². The van der Waals surface area contributed by atoms with Crippen LogP contribution in [0.1, 0.15) is 54.5 Å². The Morgan fingerprint density at radius 1 is 1.05 bits per heavy atom. The van der Waals surface area contributed by atoms with Gasteiger partial charge in [0, 0.05) is 30.6 Å². The van der Waals surface area contributed by atoms with Gasteiger partial charge in [-0.15, -0.1) is 0 Å². The third kappa shape index (κ3) is 5.22. The molecular formula is C30H28ClF2N3O2. The minimum atomic E-state index is -1.06. The fourth-order valence-electron chi connectivity index (χ4n) is 5.26. The van der Waals surface area contributed by atoms with E-state index in [0.29, 0.717) is 16.1 Å². The number of carbonyl (C=O) groups is 1. The third-order valence-corrected chi connectivity index (χ3v) is 7.27. The second-order valence-corrected chi connectivity index (χ2v) is 9.89. The number of hydrogen-bond donors (Lipinski definition) is 1. The normalized spacial score (nSPS) is 15.4. The molecule has 38 heavy (non-hydrogen) atoms. The summed E-state index contributed by atoms with van der Waals surface area (Å²) in [5.41, 5.74) is 1.71. The van der Waals surface area contributed by atoms with Crippen molar-refractivity contribution in [2.45, 2.75) is 43.9 Å². The molecule has 1 saturated carbocycles. The highest BCUT2D eigenvalue weighted by atomic mass is 35.5. The summed E-state index contributed by atoms with van der Waals surface area (Å²) in [6, 6.07) is 18.0. The molecule has 5 nitrogen and oxygen atoms in total. The van der Waals surface area contributed by atoms with Gasteiger partial charge in [-0.3, -0.25) is 4.79 Å². The Morgan fingerprint density at radius 3 is 2.50 bits per heavy atom. The van der Waals surface area contributed by atoms with Crippen LogP contribution in [0.25, 0.3) is 11.4 Å². The van der Waals surface area contributed by atoms with E-state index in [1.54, 1.807) is 35.0 Å². The van der Waals surface area contributed by atoms with Crippen molar-refractivity contribution < 1.29 is 18.3 Å². The van der Waals surface area contributed by atoms with Gasteiger partial charge in [-0.25, -0.2) is 13.8 Å². The first-order valence-corrected chi connectivity index (χ1v) is 13.0. The topological polar surface area (TPSA) is 56.2 Å². The number of carbonyl (C=O) groups excluding carboxylic acids is 1. The van der Waals surface area contributed by atoms with Crippen molar-refractivity contribution in [3.05, 3.63) is 112 Å². The summed E-state index contributed by atoms with van der Waals surface area (Å²) < 4.78 is 37.7. The second-order valence-electron chi connectivity index (χ2n) is 9.46. The van der Waals surface area contributed by atoms with Gasteiger partial charge in [0.1, 0.15) is 18.0 Å². The van der Waals surface area contributed by atoms with E-state index in [2.05, 4.69) is 10.3 Å². The first kappa shape index (κ1) is 26.1. The summed E-state index contributed by atoms with van der Waals surface area (Å²) in [4.78, 5) is 18.2. The number of aromatic nitrogens is 2. The van der Waals surface area contributed by atoms with Crippen molar-refractivity contribution in [2.24, 2.45) is 0 Å². The van der Waals surface area contributed by atoms with E-state index in [9.17, 15) is 9.18 Å². The van der Waals surface area contributed by atoms with Crippen LogP contribution in [0.5, 0.6) is 0 Å². The lowest BCUT2D eigenvalue weighted by atomic mass is 9.95. The fourth-order valence-corrected chi connectivity index (χ4v) is 5.46. The molecule has 0 radical (unpaired) electrons. The number of halogens is 3. The maximum Gasteiger partial charge on any atom is 0.247 e. The predicted molar refractivity (Wildman–Crippen MR) is 143 cm³/mol. The average molecular weight is 536 g/mol. The zero-order valence-corrected chi connectivity index (χ0v) is 21.7. The molecule has 1 amide bonds. The summed E-state index contributed by atoms with van der Waals surface area (Å²) >= 11 is 6.30. The molecule has 5 rings (SSSR count). The number of nitrogens with one attached hydrogen (secondary N) is 1. The number of nitrogens with zero attached hydrogens (tertiary/aromatic N) is 2. The molecule has 2 atom stereocenters. The standard InChI is InChI=1S/C30H28ClF2N3O2/c1-38-28(19-8-3-2-4-9-19)23-14-15-24(32)26(33)25(23)29-34-16-17-36(29)27(20-10-7-11-21(31)18-20)30(37)35-22-12-5-6-13-22/h2-4,7-11,14-18,22,27-28H,5-6,12-13H2,1H3,(H,35,37). The maximum atomic E-state index is 15.7. The lowest BCUT2D eigenvalue weighted by Gasteiger charge is -2.25. The molecule has 1 heterocycles. The van der Waals surface area contributed by atoms with Crippen molar-refractivity contribution in [1.29, 1.82) is 0 Å².